The number of hydrogen-bond donors (Lipinski definition) is 1. The van der Waals surface area contributed by atoms with Crippen molar-refractivity contribution in [2.45, 2.75) is 38.6 Å². The lowest BCUT2D eigenvalue weighted by Crippen LogP contribution is -2.51. The fourth-order valence-corrected chi connectivity index (χ4v) is 3.43. The third-order valence-electron chi connectivity index (χ3n) is 4.90. The molecule has 0 aromatic carbocycles. The van der Waals surface area contributed by atoms with Gasteiger partial charge in [0.05, 0.1) is 0 Å². The van der Waals surface area contributed by atoms with Crippen molar-refractivity contribution in [3.05, 3.63) is 41.7 Å². The monoisotopic (exact) mass is 328 g/mol. The standard InChI is InChI=1S/C19H28N4O/c24-19(21-10-8-17-5-2-1-3-6-17)23-13-11-22(12-14-23)16-18-7-4-9-20-15-18/h4-5,7,9,15H,1-3,6,8,10-14,16H2,(H,21,24). The van der Waals surface area contributed by atoms with Crippen LogP contribution in [0.25, 0.3) is 0 Å². The Hall–Kier alpha value is -1.88. The predicted molar refractivity (Wildman–Crippen MR) is 95.7 cm³/mol. The molecule has 2 aliphatic rings. The molecule has 1 aliphatic heterocycles. The van der Waals surface area contributed by atoms with Crippen LogP contribution in [0.5, 0.6) is 0 Å². The highest BCUT2D eigenvalue weighted by Crippen LogP contribution is 2.19. The molecule has 1 aromatic heterocycles. The highest BCUT2D eigenvalue weighted by Gasteiger charge is 2.20. The van der Waals surface area contributed by atoms with Crippen LogP contribution < -0.4 is 5.32 Å². The Bertz CT molecular complexity index is 550. The summed E-state index contributed by atoms with van der Waals surface area (Å²) in [6.45, 7) is 5.13. The van der Waals surface area contributed by atoms with Crippen LogP contribution in [0.2, 0.25) is 0 Å². The number of allylic oxidation sites excluding steroid dienone is 1. The second kappa shape index (κ2) is 8.83. The molecule has 5 nitrogen and oxygen atoms in total. The molecule has 3 rings (SSSR count). The maximum absolute atomic E-state index is 12.3. The van der Waals surface area contributed by atoms with Crippen molar-refractivity contribution in [1.82, 2.24) is 20.1 Å². The molecule has 0 atom stereocenters. The molecule has 1 N–H and O–H groups in total. The highest BCUT2D eigenvalue weighted by atomic mass is 16.2. The summed E-state index contributed by atoms with van der Waals surface area (Å²) in [5, 5.41) is 3.08. The van der Waals surface area contributed by atoms with Gasteiger partial charge in [0.1, 0.15) is 0 Å². The van der Waals surface area contributed by atoms with Crippen molar-refractivity contribution in [2.75, 3.05) is 32.7 Å². The molecular weight excluding hydrogens is 300 g/mol. The fourth-order valence-electron chi connectivity index (χ4n) is 3.43. The van der Waals surface area contributed by atoms with Crippen LogP contribution in [0.3, 0.4) is 0 Å². The Labute approximate surface area is 144 Å². The molecule has 1 aromatic rings. The van der Waals surface area contributed by atoms with E-state index in [-0.39, 0.29) is 6.03 Å². The summed E-state index contributed by atoms with van der Waals surface area (Å²) >= 11 is 0. The highest BCUT2D eigenvalue weighted by molar-refractivity contribution is 5.74. The van der Waals surface area contributed by atoms with Gasteiger partial charge in [0.15, 0.2) is 0 Å². The van der Waals surface area contributed by atoms with E-state index in [0.717, 1.165) is 45.7 Å². The number of aromatic nitrogens is 1. The van der Waals surface area contributed by atoms with Crippen LogP contribution in [0, 0.1) is 0 Å². The van der Waals surface area contributed by atoms with Gasteiger partial charge in [0.25, 0.3) is 0 Å². The van der Waals surface area contributed by atoms with E-state index < -0.39 is 0 Å². The zero-order valence-electron chi connectivity index (χ0n) is 14.4. The molecule has 0 saturated carbocycles. The zero-order chi connectivity index (χ0) is 16.6. The van der Waals surface area contributed by atoms with E-state index in [1.54, 1.807) is 6.20 Å². The van der Waals surface area contributed by atoms with E-state index in [1.807, 2.05) is 17.2 Å². The van der Waals surface area contributed by atoms with E-state index in [1.165, 1.54) is 36.8 Å². The summed E-state index contributed by atoms with van der Waals surface area (Å²) in [5.41, 5.74) is 2.75. The van der Waals surface area contributed by atoms with E-state index in [0.29, 0.717) is 0 Å². The lowest BCUT2D eigenvalue weighted by Gasteiger charge is -2.34. The average Bonchev–Trinajstić information content (AvgIpc) is 2.64. The predicted octanol–water partition coefficient (Wildman–Crippen LogP) is 2.80. The summed E-state index contributed by atoms with van der Waals surface area (Å²) in [7, 11) is 0. The van der Waals surface area contributed by atoms with E-state index in [9.17, 15) is 4.79 Å². The first-order valence-corrected chi connectivity index (χ1v) is 9.13. The van der Waals surface area contributed by atoms with Crippen molar-refractivity contribution in [2.24, 2.45) is 0 Å². The Morgan fingerprint density at radius 3 is 2.79 bits per heavy atom. The molecule has 1 saturated heterocycles. The van der Waals surface area contributed by atoms with E-state index in [2.05, 4.69) is 27.3 Å². The van der Waals surface area contributed by atoms with Crippen molar-refractivity contribution in [1.29, 1.82) is 0 Å². The lowest BCUT2D eigenvalue weighted by atomic mass is 9.97. The molecule has 0 bridgehead atoms. The normalized spacial score (nSPS) is 19.0. The van der Waals surface area contributed by atoms with Crippen LogP contribution in [0.4, 0.5) is 4.79 Å². The topological polar surface area (TPSA) is 48.5 Å². The van der Waals surface area contributed by atoms with Gasteiger partial charge in [-0.25, -0.2) is 4.79 Å². The number of nitrogens with one attached hydrogen (secondary N) is 1. The number of nitrogens with zero attached hydrogens (tertiary/aromatic N) is 3. The molecule has 1 fully saturated rings. The summed E-state index contributed by atoms with van der Waals surface area (Å²) in [6.07, 6.45) is 12.1. The smallest absolute Gasteiger partial charge is 0.317 e. The van der Waals surface area contributed by atoms with Crippen molar-refractivity contribution in [3.63, 3.8) is 0 Å². The molecule has 1 aliphatic carbocycles. The third-order valence-corrected chi connectivity index (χ3v) is 4.90. The molecule has 130 valence electrons. The first kappa shape index (κ1) is 17.0. The van der Waals surface area contributed by atoms with Crippen LogP contribution in [-0.4, -0.2) is 53.5 Å². The second-order valence-electron chi connectivity index (χ2n) is 6.71. The SMILES string of the molecule is O=C(NCCC1=CCCCC1)N1CCN(Cc2cccnc2)CC1. The number of rotatable bonds is 5. The second-order valence-corrected chi connectivity index (χ2v) is 6.71. The number of pyridine rings is 1. The largest absolute Gasteiger partial charge is 0.338 e. The minimum atomic E-state index is 0.0902. The summed E-state index contributed by atoms with van der Waals surface area (Å²) < 4.78 is 0. The fraction of sp³-hybridized carbons (Fsp3) is 0.579. The Morgan fingerprint density at radius 1 is 1.21 bits per heavy atom. The molecule has 0 radical (unpaired) electrons. The third kappa shape index (κ3) is 5.06. The van der Waals surface area contributed by atoms with Gasteiger partial charge < -0.3 is 10.2 Å². The number of hydrogen-bond acceptors (Lipinski definition) is 3. The number of carbonyl (C=O) groups excluding carboxylic acids is 1. The maximum atomic E-state index is 12.3. The first-order valence-electron chi connectivity index (χ1n) is 9.13. The number of urea groups is 1. The van der Waals surface area contributed by atoms with Gasteiger partial charge in [0.2, 0.25) is 0 Å². The Morgan fingerprint density at radius 2 is 2.08 bits per heavy atom. The zero-order valence-corrected chi connectivity index (χ0v) is 14.4. The van der Waals surface area contributed by atoms with Crippen molar-refractivity contribution >= 4 is 6.03 Å². The maximum Gasteiger partial charge on any atom is 0.317 e. The molecular formula is C19H28N4O. The van der Waals surface area contributed by atoms with Crippen LogP contribution in [0.1, 0.15) is 37.7 Å². The first-order chi connectivity index (χ1) is 11.8. The summed E-state index contributed by atoms with van der Waals surface area (Å²) in [4.78, 5) is 20.8. The quantitative estimate of drug-likeness (QED) is 0.846. The minimum Gasteiger partial charge on any atom is -0.338 e. The van der Waals surface area contributed by atoms with E-state index in [4.69, 9.17) is 0 Å². The Kier molecular flexibility index (Phi) is 6.24. The molecule has 24 heavy (non-hydrogen) atoms. The number of amides is 2. The van der Waals surface area contributed by atoms with Gasteiger partial charge in [-0.3, -0.25) is 9.88 Å². The lowest BCUT2D eigenvalue weighted by molar-refractivity contribution is 0.135. The van der Waals surface area contributed by atoms with Crippen LogP contribution in [-0.2, 0) is 6.54 Å². The van der Waals surface area contributed by atoms with Gasteiger partial charge >= 0.3 is 6.03 Å². The number of piperazine rings is 1. The average molecular weight is 328 g/mol. The van der Waals surface area contributed by atoms with Crippen LogP contribution >= 0.6 is 0 Å². The molecule has 0 unspecified atom stereocenters. The van der Waals surface area contributed by atoms with Crippen LogP contribution in [0.15, 0.2) is 36.2 Å². The molecule has 2 amide bonds. The van der Waals surface area contributed by atoms with Gasteiger partial charge in [-0.05, 0) is 43.7 Å². The summed E-state index contributed by atoms with van der Waals surface area (Å²) in [5.74, 6) is 0. The van der Waals surface area contributed by atoms with Gasteiger partial charge in [-0.15, -0.1) is 0 Å². The van der Waals surface area contributed by atoms with Crippen molar-refractivity contribution < 1.29 is 4.79 Å². The minimum absolute atomic E-state index is 0.0902. The van der Waals surface area contributed by atoms with Crippen molar-refractivity contribution in [3.8, 4) is 0 Å². The van der Waals surface area contributed by atoms with Gasteiger partial charge in [-0.1, -0.05) is 17.7 Å². The molecule has 5 heteroatoms. The van der Waals surface area contributed by atoms with Gasteiger partial charge in [-0.2, -0.15) is 0 Å². The van der Waals surface area contributed by atoms with Gasteiger partial charge in [0, 0.05) is 51.7 Å². The molecule has 0 spiro atoms. The van der Waals surface area contributed by atoms with E-state index >= 15 is 0 Å². The Balaban J connectivity index is 1.35. The molecule has 2 heterocycles. The number of carbonyl (C=O) groups is 1. The summed E-state index contributed by atoms with van der Waals surface area (Å²) in [6, 6.07) is 4.17.